The van der Waals surface area contributed by atoms with Crippen molar-refractivity contribution in [2.24, 2.45) is 0 Å². The lowest BCUT2D eigenvalue weighted by Gasteiger charge is -2.36. The molecule has 1 fully saturated rings. The first-order valence-corrected chi connectivity index (χ1v) is 6.92. The van der Waals surface area contributed by atoms with Gasteiger partial charge in [-0.05, 0) is 26.9 Å². The molecule has 1 rings (SSSR count). The number of piperidine rings is 1. The van der Waals surface area contributed by atoms with Gasteiger partial charge < -0.3 is 15.1 Å². The average Bonchev–Trinajstić information content (AvgIpc) is 2.35. The Balaban J connectivity index is 2.50. The minimum atomic E-state index is -0.498. The highest BCUT2D eigenvalue weighted by molar-refractivity contribution is 7.80. The monoisotopic (exact) mass is 273 g/mol. The number of hydrogen-bond acceptors (Lipinski definition) is 4. The number of thiol groups is 1. The van der Waals surface area contributed by atoms with Crippen LogP contribution in [0.1, 0.15) is 19.8 Å². The molecule has 104 valence electrons. The van der Waals surface area contributed by atoms with E-state index < -0.39 is 6.04 Å². The normalized spacial score (nSPS) is 18.8. The predicted octanol–water partition coefficient (Wildman–Crippen LogP) is -0.0265. The van der Waals surface area contributed by atoms with E-state index in [-0.39, 0.29) is 11.8 Å². The lowest BCUT2D eigenvalue weighted by Crippen LogP contribution is -2.52. The SMILES string of the molecule is CC(=O)NC(CS)C(=O)N1CCC(N(C)C)CC1. The first-order chi connectivity index (χ1) is 8.45. The van der Waals surface area contributed by atoms with Gasteiger partial charge in [0.05, 0.1) is 0 Å². The Kier molecular flexibility index (Phi) is 5.95. The number of hydrogen-bond donors (Lipinski definition) is 2. The fraction of sp³-hybridized carbons (Fsp3) is 0.833. The second-order valence-electron chi connectivity index (χ2n) is 4.96. The molecule has 6 heteroatoms. The number of carbonyl (C=O) groups excluding carboxylic acids is 2. The Hall–Kier alpha value is -0.750. The summed E-state index contributed by atoms with van der Waals surface area (Å²) in [4.78, 5) is 27.2. The van der Waals surface area contributed by atoms with E-state index in [2.05, 4.69) is 36.9 Å². The molecule has 1 heterocycles. The number of amides is 2. The van der Waals surface area contributed by atoms with Crippen molar-refractivity contribution in [3.8, 4) is 0 Å². The molecule has 2 amide bonds. The van der Waals surface area contributed by atoms with Gasteiger partial charge in [-0.3, -0.25) is 9.59 Å². The van der Waals surface area contributed by atoms with Crippen LogP contribution in [0.2, 0.25) is 0 Å². The average molecular weight is 273 g/mol. The second-order valence-corrected chi connectivity index (χ2v) is 5.32. The molecular formula is C12H23N3O2S. The summed E-state index contributed by atoms with van der Waals surface area (Å²) < 4.78 is 0. The number of nitrogens with zero attached hydrogens (tertiary/aromatic N) is 2. The third-order valence-electron chi connectivity index (χ3n) is 3.36. The van der Waals surface area contributed by atoms with Crippen molar-refractivity contribution in [1.82, 2.24) is 15.1 Å². The lowest BCUT2D eigenvalue weighted by atomic mass is 10.0. The smallest absolute Gasteiger partial charge is 0.245 e. The van der Waals surface area contributed by atoms with Crippen LogP contribution in [0.25, 0.3) is 0 Å². The topological polar surface area (TPSA) is 52.7 Å². The van der Waals surface area contributed by atoms with E-state index in [4.69, 9.17) is 0 Å². The van der Waals surface area contributed by atoms with Crippen LogP contribution in [0, 0.1) is 0 Å². The Morgan fingerprint density at radius 3 is 2.33 bits per heavy atom. The van der Waals surface area contributed by atoms with Gasteiger partial charge in [0.2, 0.25) is 11.8 Å². The number of nitrogens with one attached hydrogen (secondary N) is 1. The van der Waals surface area contributed by atoms with E-state index in [0.29, 0.717) is 11.8 Å². The summed E-state index contributed by atoms with van der Waals surface area (Å²) in [6.45, 7) is 2.93. The first-order valence-electron chi connectivity index (χ1n) is 6.29. The van der Waals surface area contributed by atoms with Gasteiger partial charge in [-0.25, -0.2) is 0 Å². The molecule has 0 aromatic carbocycles. The minimum absolute atomic E-state index is 0.0163. The summed E-state index contributed by atoms with van der Waals surface area (Å²) in [5, 5.41) is 2.64. The van der Waals surface area contributed by atoms with Crippen molar-refractivity contribution in [1.29, 1.82) is 0 Å². The molecule has 18 heavy (non-hydrogen) atoms. The Labute approximate surface area is 114 Å². The van der Waals surface area contributed by atoms with Crippen molar-refractivity contribution < 1.29 is 9.59 Å². The predicted molar refractivity (Wildman–Crippen MR) is 74.7 cm³/mol. The molecule has 0 saturated carbocycles. The summed E-state index contributed by atoms with van der Waals surface area (Å²) in [5.74, 6) is 0.134. The van der Waals surface area contributed by atoms with Crippen molar-refractivity contribution in [3.05, 3.63) is 0 Å². The number of likely N-dealkylation sites (tertiary alicyclic amines) is 1. The maximum Gasteiger partial charge on any atom is 0.245 e. The highest BCUT2D eigenvalue weighted by Crippen LogP contribution is 2.15. The van der Waals surface area contributed by atoms with Crippen LogP contribution in [0.5, 0.6) is 0 Å². The van der Waals surface area contributed by atoms with Gasteiger partial charge >= 0.3 is 0 Å². The van der Waals surface area contributed by atoms with Gasteiger partial charge in [-0.2, -0.15) is 12.6 Å². The molecule has 5 nitrogen and oxygen atoms in total. The molecule has 1 aliphatic heterocycles. The molecule has 0 radical (unpaired) electrons. The van der Waals surface area contributed by atoms with E-state index in [1.165, 1.54) is 6.92 Å². The highest BCUT2D eigenvalue weighted by atomic mass is 32.1. The second kappa shape index (κ2) is 6.99. The quantitative estimate of drug-likeness (QED) is 0.708. The molecule has 0 spiro atoms. The molecule has 1 aliphatic rings. The third kappa shape index (κ3) is 4.17. The number of rotatable bonds is 4. The van der Waals surface area contributed by atoms with Crippen LogP contribution in [-0.2, 0) is 9.59 Å². The molecule has 0 aromatic rings. The van der Waals surface area contributed by atoms with Gasteiger partial charge in [0, 0.05) is 31.8 Å². The maximum atomic E-state index is 12.2. The van der Waals surface area contributed by atoms with Crippen molar-refractivity contribution in [2.75, 3.05) is 32.9 Å². The summed E-state index contributed by atoms with van der Waals surface area (Å²) in [6.07, 6.45) is 1.97. The van der Waals surface area contributed by atoms with Crippen LogP contribution in [0.3, 0.4) is 0 Å². The minimum Gasteiger partial charge on any atom is -0.344 e. The largest absolute Gasteiger partial charge is 0.344 e. The van der Waals surface area contributed by atoms with Gasteiger partial charge in [-0.1, -0.05) is 0 Å². The lowest BCUT2D eigenvalue weighted by molar-refractivity contribution is -0.136. The fourth-order valence-electron chi connectivity index (χ4n) is 2.25. The van der Waals surface area contributed by atoms with Crippen molar-refractivity contribution in [3.63, 3.8) is 0 Å². The molecule has 1 saturated heterocycles. The molecule has 0 bridgehead atoms. The van der Waals surface area contributed by atoms with Crippen LogP contribution >= 0.6 is 12.6 Å². The summed E-state index contributed by atoms with van der Waals surface area (Å²) in [7, 11) is 4.13. The van der Waals surface area contributed by atoms with Crippen LogP contribution in [0.15, 0.2) is 0 Å². The van der Waals surface area contributed by atoms with Gasteiger partial charge in [0.25, 0.3) is 0 Å². The van der Waals surface area contributed by atoms with Gasteiger partial charge in [0.15, 0.2) is 0 Å². The van der Waals surface area contributed by atoms with Crippen LogP contribution < -0.4 is 5.32 Å². The van der Waals surface area contributed by atoms with E-state index in [0.717, 1.165) is 25.9 Å². The summed E-state index contributed by atoms with van der Waals surface area (Å²) in [6, 6.07) is 0.0472. The van der Waals surface area contributed by atoms with Crippen molar-refractivity contribution >= 4 is 24.4 Å². The van der Waals surface area contributed by atoms with E-state index in [1.807, 2.05) is 4.90 Å². The standard InChI is InChI=1S/C12H23N3O2S/c1-9(16)13-11(8-18)12(17)15-6-4-10(5-7-15)14(2)3/h10-11,18H,4-8H2,1-3H3,(H,13,16). The Bertz CT molecular complexity index is 302. The molecule has 0 aliphatic carbocycles. The zero-order valence-corrected chi connectivity index (χ0v) is 12.2. The van der Waals surface area contributed by atoms with E-state index in [1.54, 1.807) is 0 Å². The molecular weight excluding hydrogens is 250 g/mol. The number of carbonyl (C=O) groups is 2. The Morgan fingerprint density at radius 2 is 1.94 bits per heavy atom. The molecule has 1 atom stereocenters. The van der Waals surface area contributed by atoms with Gasteiger partial charge in [-0.15, -0.1) is 0 Å². The van der Waals surface area contributed by atoms with E-state index >= 15 is 0 Å². The summed E-state index contributed by atoms with van der Waals surface area (Å²) >= 11 is 4.13. The summed E-state index contributed by atoms with van der Waals surface area (Å²) in [5.41, 5.74) is 0. The van der Waals surface area contributed by atoms with Gasteiger partial charge in [0.1, 0.15) is 6.04 Å². The highest BCUT2D eigenvalue weighted by Gasteiger charge is 2.28. The third-order valence-corrected chi connectivity index (χ3v) is 3.73. The van der Waals surface area contributed by atoms with E-state index in [9.17, 15) is 9.59 Å². The van der Waals surface area contributed by atoms with Crippen LogP contribution in [0.4, 0.5) is 0 Å². The molecule has 1 unspecified atom stereocenters. The zero-order valence-electron chi connectivity index (χ0n) is 11.3. The van der Waals surface area contributed by atoms with Crippen molar-refractivity contribution in [2.45, 2.75) is 31.8 Å². The van der Waals surface area contributed by atoms with Crippen LogP contribution in [-0.4, -0.2) is 66.6 Å². The maximum absolute atomic E-state index is 12.2. The first kappa shape index (κ1) is 15.3. The Morgan fingerprint density at radius 1 is 1.39 bits per heavy atom. The molecule has 1 N–H and O–H groups in total. The molecule has 0 aromatic heterocycles. The zero-order chi connectivity index (χ0) is 13.7. The fourth-order valence-corrected chi connectivity index (χ4v) is 2.50.